The highest BCUT2D eigenvalue weighted by Crippen LogP contribution is 2.36. The van der Waals surface area contributed by atoms with Gasteiger partial charge in [0.25, 0.3) is 0 Å². The number of carbonyl (C=O) groups is 1. The molecule has 3 aromatic rings. The predicted octanol–water partition coefficient (Wildman–Crippen LogP) is 5.21. The van der Waals surface area contributed by atoms with E-state index in [-0.39, 0.29) is 6.61 Å². The van der Waals surface area contributed by atoms with Gasteiger partial charge in [-0.1, -0.05) is 25.1 Å². The summed E-state index contributed by atoms with van der Waals surface area (Å²) in [6.07, 6.45) is 2.53. The van der Waals surface area contributed by atoms with Crippen LogP contribution in [0.2, 0.25) is 0 Å². The molecule has 0 amide bonds. The molecule has 2 N–H and O–H groups in total. The van der Waals surface area contributed by atoms with E-state index in [2.05, 4.69) is 48.4 Å². The van der Waals surface area contributed by atoms with Gasteiger partial charge < -0.3 is 15.2 Å². The van der Waals surface area contributed by atoms with Crippen molar-refractivity contribution in [2.24, 2.45) is 0 Å². The Morgan fingerprint density at radius 2 is 1.97 bits per heavy atom. The molecule has 0 fully saturated rings. The number of fused-ring (bicyclic) bond motifs is 2. The van der Waals surface area contributed by atoms with Crippen molar-refractivity contribution in [2.75, 3.05) is 11.9 Å². The van der Waals surface area contributed by atoms with E-state index in [0.717, 1.165) is 47.7 Å². The van der Waals surface area contributed by atoms with Gasteiger partial charge in [0.1, 0.15) is 11.5 Å². The summed E-state index contributed by atoms with van der Waals surface area (Å²) in [5.74, 6) is 0.303. The van der Waals surface area contributed by atoms with E-state index in [1.165, 1.54) is 11.1 Å². The summed E-state index contributed by atoms with van der Waals surface area (Å²) < 4.78 is 7.26. The molecule has 6 nitrogen and oxygen atoms in total. The van der Waals surface area contributed by atoms with Gasteiger partial charge in [-0.05, 0) is 74.9 Å². The largest absolute Gasteiger partial charge is 0.461 e. The lowest BCUT2D eigenvalue weighted by molar-refractivity contribution is 0.0509. The maximum atomic E-state index is 13.0. The number of aryl methyl sites for hydroxylation is 2. The fourth-order valence-corrected chi connectivity index (χ4v) is 4.51. The predicted molar refractivity (Wildman–Crippen MR) is 126 cm³/mol. The molecule has 0 saturated carbocycles. The van der Waals surface area contributed by atoms with Crippen LogP contribution >= 0.6 is 0 Å². The quantitative estimate of drug-likeness (QED) is 0.522. The first-order valence-electron chi connectivity index (χ1n) is 11.4. The highest BCUT2D eigenvalue weighted by Gasteiger charge is 2.29. The van der Waals surface area contributed by atoms with Crippen molar-refractivity contribution in [2.45, 2.75) is 59.5 Å². The minimum Gasteiger partial charge on any atom is -0.461 e. The fraction of sp³-hybridized carbons (Fsp3) is 0.385. The number of carbonyl (C=O) groups excluding carboxylic acids is 1. The Morgan fingerprint density at radius 1 is 1.19 bits per heavy atom. The van der Waals surface area contributed by atoms with Crippen LogP contribution in [0.1, 0.15) is 72.0 Å². The van der Waals surface area contributed by atoms with E-state index in [1.807, 2.05) is 16.7 Å². The van der Waals surface area contributed by atoms with E-state index >= 15 is 0 Å². The minimum atomic E-state index is -0.872. The maximum absolute atomic E-state index is 13.0. The summed E-state index contributed by atoms with van der Waals surface area (Å²) in [6.45, 7) is 7.85. The van der Waals surface area contributed by atoms with Gasteiger partial charge in [-0.2, -0.15) is 0 Å². The van der Waals surface area contributed by atoms with Crippen molar-refractivity contribution in [1.82, 2.24) is 9.55 Å². The van der Waals surface area contributed by atoms with E-state index in [9.17, 15) is 9.90 Å². The molecule has 1 aromatic heterocycles. The molecule has 6 heteroatoms. The number of nitrogens with zero attached hydrogens (tertiary/aromatic N) is 2. The third-order valence-corrected chi connectivity index (χ3v) is 6.05. The van der Waals surface area contributed by atoms with Crippen molar-refractivity contribution >= 4 is 17.3 Å². The summed E-state index contributed by atoms with van der Waals surface area (Å²) in [4.78, 5) is 17.7. The first kappa shape index (κ1) is 22.1. The molecule has 0 aliphatic carbocycles. The first-order chi connectivity index (χ1) is 15.5. The van der Waals surface area contributed by atoms with Crippen LogP contribution in [0.25, 0.3) is 5.69 Å². The molecule has 1 atom stereocenters. The van der Waals surface area contributed by atoms with Crippen molar-refractivity contribution in [3.63, 3.8) is 0 Å². The number of hydrogen-bond donors (Lipinski definition) is 2. The highest BCUT2D eigenvalue weighted by atomic mass is 16.5. The van der Waals surface area contributed by atoms with Crippen LogP contribution in [-0.4, -0.2) is 27.2 Å². The van der Waals surface area contributed by atoms with Gasteiger partial charge in [-0.15, -0.1) is 0 Å². The van der Waals surface area contributed by atoms with E-state index in [1.54, 1.807) is 13.8 Å². The summed E-state index contributed by atoms with van der Waals surface area (Å²) in [5, 5.41) is 14.0. The molecule has 1 aliphatic heterocycles. The second-order valence-corrected chi connectivity index (χ2v) is 8.26. The number of aromatic nitrogens is 2. The SMILES string of the molecule is CCCc1nc(C(C)O)c(C(=O)OCC)n1-c1ccc2c(c1C)CCc1ccccc1N2. The van der Waals surface area contributed by atoms with Crippen LogP contribution in [0.4, 0.5) is 11.4 Å². The number of rotatable bonds is 6. The summed E-state index contributed by atoms with van der Waals surface area (Å²) in [7, 11) is 0. The Hall–Kier alpha value is -3.12. The van der Waals surface area contributed by atoms with Gasteiger partial charge in [-0.3, -0.25) is 4.57 Å². The van der Waals surface area contributed by atoms with Gasteiger partial charge >= 0.3 is 5.97 Å². The standard InChI is InChI=1S/C26H31N3O3/c1-5-9-23-28-24(17(4)30)25(26(31)32-6-2)29(23)22-15-14-21-19(16(22)3)13-12-18-10-7-8-11-20(18)27-21/h7-8,10-11,14-15,17,27,30H,5-6,9,12-13H2,1-4H3. The number of imidazole rings is 1. The molecule has 0 spiro atoms. The number of aliphatic hydroxyl groups excluding tert-OH is 1. The zero-order valence-electron chi connectivity index (χ0n) is 19.2. The number of nitrogens with one attached hydrogen (secondary N) is 1. The van der Waals surface area contributed by atoms with Crippen LogP contribution in [0, 0.1) is 6.92 Å². The highest BCUT2D eigenvalue weighted by molar-refractivity contribution is 5.90. The first-order valence-corrected chi connectivity index (χ1v) is 11.4. The molecule has 2 aromatic carbocycles. The van der Waals surface area contributed by atoms with Crippen LogP contribution in [-0.2, 0) is 24.0 Å². The average molecular weight is 434 g/mol. The Labute approximate surface area is 189 Å². The third kappa shape index (κ3) is 3.91. The Kier molecular flexibility index (Phi) is 6.33. The number of ether oxygens (including phenoxy) is 1. The smallest absolute Gasteiger partial charge is 0.357 e. The summed E-state index contributed by atoms with van der Waals surface area (Å²) in [6, 6.07) is 12.5. The van der Waals surface area contributed by atoms with Crippen molar-refractivity contribution in [3.05, 3.63) is 70.3 Å². The molecule has 168 valence electrons. The van der Waals surface area contributed by atoms with Gasteiger partial charge in [0.05, 0.1) is 18.4 Å². The summed E-state index contributed by atoms with van der Waals surface area (Å²) in [5.41, 5.74) is 7.43. The van der Waals surface area contributed by atoms with Gasteiger partial charge in [0, 0.05) is 17.8 Å². The maximum Gasteiger partial charge on any atom is 0.357 e. The number of benzene rings is 2. The van der Waals surface area contributed by atoms with Crippen molar-refractivity contribution < 1.29 is 14.6 Å². The number of para-hydroxylation sites is 1. The zero-order valence-corrected chi connectivity index (χ0v) is 19.2. The van der Waals surface area contributed by atoms with Gasteiger partial charge in [0.15, 0.2) is 5.69 Å². The molecule has 1 unspecified atom stereocenters. The molecule has 32 heavy (non-hydrogen) atoms. The lowest BCUT2D eigenvalue weighted by Crippen LogP contribution is -2.16. The molecule has 4 rings (SSSR count). The molecule has 0 bridgehead atoms. The normalized spacial score (nSPS) is 13.5. The number of aliphatic hydroxyl groups is 1. The number of hydrogen-bond acceptors (Lipinski definition) is 5. The fourth-order valence-electron chi connectivity index (χ4n) is 4.51. The number of anilines is 2. The van der Waals surface area contributed by atoms with Gasteiger partial charge in [-0.25, -0.2) is 9.78 Å². The third-order valence-electron chi connectivity index (χ3n) is 6.05. The van der Waals surface area contributed by atoms with Crippen molar-refractivity contribution in [3.8, 4) is 5.69 Å². The Morgan fingerprint density at radius 3 is 2.69 bits per heavy atom. The topological polar surface area (TPSA) is 76.4 Å². The molecule has 0 radical (unpaired) electrons. The Balaban J connectivity index is 1.89. The zero-order chi connectivity index (χ0) is 22.8. The lowest BCUT2D eigenvalue weighted by atomic mass is 9.98. The van der Waals surface area contributed by atoms with Crippen LogP contribution in [0.5, 0.6) is 0 Å². The van der Waals surface area contributed by atoms with Crippen LogP contribution < -0.4 is 5.32 Å². The van der Waals surface area contributed by atoms with Crippen LogP contribution in [0.15, 0.2) is 36.4 Å². The number of esters is 1. The van der Waals surface area contributed by atoms with E-state index < -0.39 is 12.1 Å². The lowest BCUT2D eigenvalue weighted by Gasteiger charge is -2.19. The second-order valence-electron chi connectivity index (χ2n) is 8.26. The average Bonchev–Trinajstić information content (AvgIpc) is 3.03. The second kappa shape index (κ2) is 9.17. The van der Waals surface area contributed by atoms with Crippen molar-refractivity contribution in [1.29, 1.82) is 0 Å². The summed E-state index contributed by atoms with van der Waals surface area (Å²) >= 11 is 0. The molecular formula is C26H31N3O3. The minimum absolute atomic E-state index is 0.262. The van der Waals surface area contributed by atoms with Gasteiger partial charge in [0.2, 0.25) is 0 Å². The molecule has 1 aliphatic rings. The van der Waals surface area contributed by atoms with E-state index in [4.69, 9.17) is 4.74 Å². The molecule has 0 saturated heterocycles. The molecular weight excluding hydrogens is 402 g/mol. The monoisotopic (exact) mass is 433 g/mol. The Bertz CT molecular complexity index is 1150. The van der Waals surface area contributed by atoms with E-state index in [0.29, 0.717) is 17.8 Å². The molecule has 2 heterocycles. The van der Waals surface area contributed by atoms with Crippen LogP contribution in [0.3, 0.4) is 0 Å².